The molecule has 80 valence electrons. The lowest BCUT2D eigenvalue weighted by Crippen LogP contribution is -2.26. The van der Waals surface area contributed by atoms with Gasteiger partial charge in [-0.3, -0.25) is 0 Å². The minimum atomic E-state index is -0.530. The first-order chi connectivity index (χ1) is 6.35. The molecule has 0 radical (unpaired) electrons. The van der Waals surface area contributed by atoms with E-state index >= 15 is 0 Å². The maximum Gasteiger partial charge on any atom is 0.139 e. The van der Waals surface area contributed by atoms with Gasteiger partial charge in [0.2, 0.25) is 0 Å². The normalized spacial score (nSPS) is 13.2. The van der Waals surface area contributed by atoms with Crippen molar-refractivity contribution in [2.45, 2.75) is 6.10 Å². The first-order valence-corrected chi connectivity index (χ1v) is 4.13. The topological polar surface area (TPSA) is 94.2 Å². The van der Waals surface area contributed by atoms with E-state index in [1.807, 2.05) is 0 Å². The summed E-state index contributed by atoms with van der Waals surface area (Å²) in [6.45, 7) is 0.819. The fraction of sp³-hybridized carbons (Fsp3) is 1.00. The monoisotopic (exact) mass is 195 g/mol. The van der Waals surface area contributed by atoms with Crippen LogP contribution in [0.2, 0.25) is 0 Å². The van der Waals surface area contributed by atoms with Crippen molar-refractivity contribution in [3.8, 4) is 0 Å². The molecular formula is C7H17NO5. The smallest absolute Gasteiger partial charge is 0.139 e. The second kappa shape index (κ2) is 9.85. The zero-order valence-corrected chi connectivity index (χ0v) is 7.52. The Hall–Kier alpha value is -0.240. The predicted octanol–water partition coefficient (Wildman–Crippen LogP) is -1.74. The third-order valence-electron chi connectivity index (χ3n) is 1.15. The van der Waals surface area contributed by atoms with E-state index in [-0.39, 0.29) is 26.4 Å². The third kappa shape index (κ3) is 8.10. The van der Waals surface area contributed by atoms with Gasteiger partial charge in [-0.15, -0.1) is 0 Å². The lowest BCUT2D eigenvalue weighted by molar-refractivity contribution is -0.337. The predicted molar refractivity (Wildman–Crippen MR) is 44.9 cm³/mol. The van der Waals surface area contributed by atoms with Crippen molar-refractivity contribution in [1.29, 1.82) is 0 Å². The zero-order chi connectivity index (χ0) is 9.94. The third-order valence-corrected chi connectivity index (χ3v) is 1.15. The van der Waals surface area contributed by atoms with E-state index in [1.165, 1.54) is 0 Å². The highest BCUT2D eigenvalue weighted by Crippen LogP contribution is 1.93. The fourth-order valence-electron chi connectivity index (χ4n) is 0.591. The van der Waals surface area contributed by atoms with Crippen LogP contribution in [-0.4, -0.2) is 55.9 Å². The highest BCUT2D eigenvalue weighted by Gasteiger charge is 2.08. The SMILES string of the molecule is NCCOCC(CO)OOCCO. The summed E-state index contributed by atoms with van der Waals surface area (Å²) in [5, 5.41) is 17.1. The summed E-state index contributed by atoms with van der Waals surface area (Å²) >= 11 is 0. The molecule has 0 aromatic carbocycles. The maximum absolute atomic E-state index is 8.75. The molecule has 0 fully saturated rings. The van der Waals surface area contributed by atoms with E-state index in [9.17, 15) is 0 Å². The molecule has 0 aliphatic heterocycles. The summed E-state index contributed by atoms with van der Waals surface area (Å²) < 4.78 is 5.01. The quantitative estimate of drug-likeness (QED) is 0.230. The Balaban J connectivity index is 3.28. The van der Waals surface area contributed by atoms with Gasteiger partial charge >= 0.3 is 0 Å². The Labute approximate surface area is 77.1 Å². The summed E-state index contributed by atoms with van der Waals surface area (Å²) in [6, 6.07) is 0. The first kappa shape index (κ1) is 12.8. The second-order valence-corrected chi connectivity index (χ2v) is 2.31. The molecule has 4 N–H and O–H groups in total. The van der Waals surface area contributed by atoms with Gasteiger partial charge in [-0.05, 0) is 0 Å². The molecule has 6 nitrogen and oxygen atoms in total. The van der Waals surface area contributed by atoms with Crippen molar-refractivity contribution in [3.05, 3.63) is 0 Å². The molecule has 0 aliphatic rings. The van der Waals surface area contributed by atoms with Crippen molar-refractivity contribution in [2.24, 2.45) is 5.73 Å². The highest BCUT2D eigenvalue weighted by atomic mass is 17.2. The zero-order valence-electron chi connectivity index (χ0n) is 7.52. The van der Waals surface area contributed by atoms with E-state index < -0.39 is 6.10 Å². The summed E-state index contributed by atoms with van der Waals surface area (Å²) in [6.07, 6.45) is -0.530. The number of aliphatic hydroxyl groups is 2. The van der Waals surface area contributed by atoms with E-state index in [0.717, 1.165) is 0 Å². The summed E-state index contributed by atoms with van der Waals surface area (Å²) in [5.74, 6) is 0. The van der Waals surface area contributed by atoms with Crippen LogP contribution in [0.25, 0.3) is 0 Å². The van der Waals surface area contributed by atoms with Crippen LogP contribution in [0.3, 0.4) is 0 Å². The van der Waals surface area contributed by atoms with Crippen molar-refractivity contribution in [2.75, 3.05) is 39.6 Å². The van der Waals surface area contributed by atoms with Gasteiger partial charge in [0.1, 0.15) is 12.7 Å². The molecule has 0 saturated carbocycles. The van der Waals surface area contributed by atoms with Crippen LogP contribution in [0.15, 0.2) is 0 Å². The number of aliphatic hydroxyl groups excluding tert-OH is 2. The van der Waals surface area contributed by atoms with Crippen molar-refractivity contribution in [3.63, 3.8) is 0 Å². The molecule has 0 spiro atoms. The Morgan fingerprint density at radius 1 is 1.23 bits per heavy atom. The maximum atomic E-state index is 8.75. The van der Waals surface area contributed by atoms with E-state index in [4.69, 9.17) is 25.6 Å². The molecule has 0 saturated heterocycles. The van der Waals surface area contributed by atoms with E-state index in [0.29, 0.717) is 13.2 Å². The standard InChI is InChI=1S/C7H17NO5/c8-1-3-11-6-7(5-10)13-12-4-2-9/h7,9-10H,1-6,8H2. The summed E-state index contributed by atoms with van der Waals surface area (Å²) in [7, 11) is 0. The Morgan fingerprint density at radius 3 is 2.54 bits per heavy atom. The van der Waals surface area contributed by atoms with Crippen LogP contribution in [-0.2, 0) is 14.5 Å². The molecule has 0 rings (SSSR count). The summed E-state index contributed by atoms with van der Waals surface area (Å²) in [4.78, 5) is 9.25. The lowest BCUT2D eigenvalue weighted by Gasteiger charge is -2.13. The van der Waals surface area contributed by atoms with Gasteiger partial charge in [-0.25, -0.2) is 9.78 Å². The number of hydrogen-bond acceptors (Lipinski definition) is 6. The Morgan fingerprint density at radius 2 is 2.00 bits per heavy atom. The highest BCUT2D eigenvalue weighted by molar-refractivity contribution is 4.50. The molecule has 0 bridgehead atoms. The van der Waals surface area contributed by atoms with Gasteiger partial charge in [-0.2, -0.15) is 0 Å². The molecule has 6 heteroatoms. The molecular weight excluding hydrogens is 178 g/mol. The van der Waals surface area contributed by atoms with Crippen molar-refractivity contribution in [1.82, 2.24) is 0 Å². The molecule has 0 aliphatic carbocycles. The van der Waals surface area contributed by atoms with Gasteiger partial charge in [0.15, 0.2) is 0 Å². The van der Waals surface area contributed by atoms with E-state index in [2.05, 4.69) is 4.89 Å². The average molecular weight is 195 g/mol. The Bertz CT molecular complexity index is 92.9. The number of rotatable bonds is 9. The van der Waals surface area contributed by atoms with Gasteiger partial charge in [0, 0.05) is 6.54 Å². The van der Waals surface area contributed by atoms with Crippen molar-refractivity contribution < 1.29 is 24.7 Å². The van der Waals surface area contributed by atoms with Crippen LogP contribution in [0, 0.1) is 0 Å². The van der Waals surface area contributed by atoms with Crippen LogP contribution in [0.5, 0.6) is 0 Å². The molecule has 0 amide bonds. The molecule has 0 heterocycles. The van der Waals surface area contributed by atoms with Crippen LogP contribution in [0.1, 0.15) is 0 Å². The largest absolute Gasteiger partial charge is 0.394 e. The van der Waals surface area contributed by atoms with Crippen LogP contribution in [0.4, 0.5) is 0 Å². The molecule has 13 heavy (non-hydrogen) atoms. The van der Waals surface area contributed by atoms with Gasteiger partial charge in [0.05, 0.1) is 26.4 Å². The molecule has 1 unspecified atom stereocenters. The lowest BCUT2D eigenvalue weighted by atomic mass is 10.4. The second-order valence-electron chi connectivity index (χ2n) is 2.31. The van der Waals surface area contributed by atoms with Gasteiger partial charge in [-0.1, -0.05) is 0 Å². The fourth-order valence-corrected chi connectivity index (χ4v) is 0.591. The van der Waals surface area contributed by atoms with Crippen molar-refractivity contribution >= 4 is 0 Å². The van der Waals surface area contributed by atoms with E-state index in [1.54, 1.807) is 0 Å². The van der Waals surface area contributed by atoms with Gasteiger partial charge < -0.3 is 20.7 Å². The van der Waals surface area contributed by atoms with Crippen LogP contribution < -0.4 is 5.73 Å². The number of ether oxygens (including phenoxy) is 1. The van der Waals surface area contributed by atoms with Gasteiger partial charge in [0.25, 0.3) is 0 Å². The minimum Gasteiger partial charge on any atom is -0.394 e. The number of hydrogen-bond donors (Lipinski definition) is 3. The minimum absolute atomic E-state index is 0.0768. The number of nitrogens with two attached hydrogens (primary N) is 1. The summed E-state index contributed by atoms with van der Waals surface area (Å²) in [5.41, 5.74) is 5.19. The molecule has 1 atom stereocenters. The van der Waals surface area contributed by atoms with Crippen LogP contribution >= 0.6 is 0 Å². The Kier molecular flexibility index (Phi) is 9.66. The average Bonchev–Trinajstić information content (AvgIpc) is 2.16. The molecule has 0 aromatic rings. The molecule has 0 aromatic heterocycles. The first-order valence-electron chi connectivity index (χ1n) is 4.13.